The maximum Gasteiger partial charge on any atom is 0.226 e. The van der Waals surface area contributed by atoms with Gasteiger partial charge in [0.1, 0.15) is 11.6 Å². The number of amides is 1. The highest BCUT2D eigenvalue weighted by Crippen LogP contribution is 2.24. The number of rotatable bonds is 7. The van der Waals surface area contributed by atoms with Crippen molar-refractivity contribution in [3.05, 3.63) is 42.1 Å². The number of hydrogen-bond donors (Lipinski definition) is 1. The van der Waals surface area contributed by atoms with Crippen LogP contribution in [0, 0.1) is 0 Å². The maximum absolute atomic E-state index is 12.9. The lowest BCUT2D eigenvalue weighted by molar-refractivity contribution is -0.132. The van der Waals surface area contributed by atoms with Gasteiger partial charge in [-0.3, -0.25) is 9.69 Å². The van der Waals surface area contributed by atoms with Gasteiger partial charge < -0.3 is 19.9 Å². The van der Waals surface area contributed by atoms with Gasteiger partial charge in [0.25, 0.3) is 0 Å². The highest BCUT2D eigenvalue weighted by atomic mass is 16.5. The largest absolute Gasteiger partial charge is 0.497 e. The van der Waals surface area contributed by atoms with E-state index in [4.69, 9.17) is 9.72 Å². The minimum atomic E-state index is 0.225. The summed E-state index contributed by atoms with van der Waals surface area (Å²) in [6.07, 6.45) is 11.9. The number of ether oxygens (including phenoxy) is 1. The van der Waals surface area contributed by atoms with Crippen LogP contribution >= 0.6 is 0 Å². The van der Waals surface area contributed by atoms with Crippen molar-refractivity contribution in [3.63, 3.8) is 0 Å². The van der Waals surface area contributed by atoms with Gasteiger partial charge in [-0.2, -0.15) is 4.98 Å². The van der Waals surface area contributed by atoms with Crippen LogP contribution in [0.5, 0.6) is 5.75 Å². The zero-order valence-corrected chi connectivity index (χ0v) is 22.3. The average Bonchev–Trinajstić information content (AvgIpc) is 3.24. The molecule has 8 nitrogen and oxygen atoms in total. The van der Waals surface area contributed by atoms with Gasteiger partial charge in [-0.25, -0.2) is 4.98 Å². The van der Waals surface area contributed by atoms with Gasteiger partial charge in [0, 0.05) is 51.0 Å². The fourth-order valence-corrected chi connectivity index (χ4v) is 6.04. The number of carbonyl (C=O) groups is 1. The molecule has 2 aromatic rings. The molecule has 3 saturated heterocycles. The Kier molecular flexibility index (Phi) is 8.76. The van der Waals surface area contributed by atoms with Gasteiger partial charge >= 0.3 is 0 Å². The summed E-state index contributed by atoms with van der Waals surface area (Å²) in [5.74, 6) is 2.86. The van der Waals surface area contributed by atoms with E-state index in [-0.39, 0.29) is 5.91 Å². The third-order valence-electron chi connectivity index (χ3n) is 8.20. The van der Waals surface area contributed by atoms with Crippen molar-refractivity contribution in [1.82, 2.24) is 19.8 Å². The molecule has 1 atom stereocenters. The molecular weight excluding hydrogens is 464 g/mol. The van der Waals surface area contributed by atoms with E-state index in [0.29, 0.717) is 18.5 Å². The topological polar surface area (TPSA) is 73.8 Å². The van der Waals surface area contributed by atoms with E-state index in [1.54, 1.807) is 7.11 Å². The molecule has 200 valence electrons. The van der Waals surface area contributed by atoms with Crippen molar-refractivity contribution in [2.24, 2.45) is 0 Å². The predicted octanol–water partition coefficient (Wildman–Crippen LogP) is 3.98. The highest BCUT2D eigenvalue weighted by Gasteiger charge is 2.30. The van der Waals surface area contributed by atoms with Crippen molar-refractivity contribution in [3.8, 4) is 5.75 Å². The Bertz CT molecular complexity index is 1000. The monoisotopic (exact) mass is 506 g/mol. The van der Waals surface area contributed by atoms with Crippen LogP contribution in [0.15, 0.2) is 36.5 Å². The normalized spacial score (nSPS) is 21.9. The number of hydrogen-bond acceptors (Lipinski definition) is 7. The van der Waals surface area contributed by atoms with Crippen molar-refractivity contribution in [2.75, 3.05) is 56.6 Å². The Balaban J connectivity index is 1.10. The first-order chi connectivity index (χ1) is 18.2. The minimum Gasteiger partial charge on any atom is -0.497 e. The Morgan fingerprint density at radius 1 is 0.946 bits per heavy atom. The molecule has 3 aliphatic rings. The van der Waals surface area contributed by atoms with Crippen LogP contribution in [0.1, 0.15) is 56.9 Å². The number of anilines is 2. The third-order valence-corrected chi connectivity index (χ3v) is 8.20. The number of methoxy groups -OCH3 is 1. The molecule has 1 unspecified atom stereocenters. The Morgan fingerprint density at radius 3 is 2.43 bits per heavy atom. The van der Waals surface area contributed by atoms with Crippen molar-refractivity contribution < 1.29 is 9.53 Å². The molecule has 0 saturated carbocycles. The van der Waals surface area contributed by atoms with Gasteiger partial charge in [-0.1, -0.05) is 25.0 Å². The molecule has 0 aliphatic carbocycles. The molecule has 3 fully saturated rings. The Morgan fingerprint density at radius 2 is 1.70 bits per heavy atom. The van der Waals surface area contributed by atoms with E-state index < -0.39 is 0 Å². The molecule has 1 amide bonds. The van der Waals surface area contributed by atoms with E-state index in [1.165, 1.54) is 32.1 Å². The van der Waals surface area contributed by atoms with Crippen LogP contribution in [0.2, 0.25) is 0 Å². The van der Waals surface area contributed by atoms with E-state index in [1.807, 2.05) is 41.4 Å². The number of nitrogens with zero attached hydrogens (tertiary/aromatic N) is 5. The molecule has 5 rings (SSSR count). The molecule has 4 heterocycles. The molecule has 8 heteroatoms. The van der Waals surface area contributed by atoms with Crippen LogP contribution in [-0.2, 0) is 11.2 Å². The second-order valence-corrected chi connectivity index (χ2v) is 10.8. The van der Waals surface area contributed by atoms with E-state index in [9.17, 15) is 4.79 Å². The summed E-state index contributed by atoms with van der Waals surface area (Å²) in [5, 5.41) is 3.64. The Labute approximate surface area is 221 Å². The number of aromatic nitrogens is 2. The standard InChI is InChI=1S/C29H42N6O2/c1-37-26-10-8-23(9-11-26)21-28(36)34-19-13-25(14-20-34)35-18-6-7-24(22-35)31-29-30-15-12-27(32-29)33-16-4-2-3-5-17-33/h8-12,15,24-25H,2-7,13-14,16-22H2,1H3,(H,30,31,32). The van der Waals surface area contributed by atoms with Gasteiger partial charge in [-0.15, -0.1) is 0 Å². The minimum absolute atomic E-state index is 0.225. The van der Waals surface area contributed by atoms with Crippen molar-refractivity contribution >= 4 is 17.7 Å². The predicted molar refractivity (Wildman–Crippen MR) is 147 cm³/mol. The maximum atomic E-state index is 12.9. The van der Waals surface area contributed by atoms with E-state index in [0.717, 1.165) is 81.6 Å². The molecule has 1 aromatic carbocycles. The van der Waals surface area contributed by atoms with Crippen LogP contribution in [-0.4, -0.2) is 84.1 Å². The number of likely N-dealkylation sites (tertiary alicyclic amines) is 2. The van der Waals surface area contributed by atoms with Crippen LogP contribution in [0.3, 0.4) is 0 Å². The molecule has 0 spiro atoms. The number of nitrogens with one attached hydrogen (secondary N) is 1. The summed E-state index contributed by atoms with van der Waals surface area (Å²) < 4.78 is 5.22. The molecule has 1 aromatic heterocycles. The first kappa shape index (κ1) is 25.8. The lowest BCUT2D eigenvalue weighted by atomic mass is 9.97. The molecule has 1 N–H and O–H groups in total. The number of piperidine rings is 2. The summed E-state index contributed by atoms with van der Waals surface area (Å²) in [7, 11) is 1.66. The molecule has 37 heavy (non-hydrogen) atoms. The number of benzene rings is 1. The van der Waals surface area contributed by atoms with E-state index >= 15 is 0 Å². The third kappa shape index (κ3) is 6.92. The second kappa shape index (κ2) is 12.6. The van der Waals surface area contributed by atoms with Crippen LogP contribution in [0.4, 0.5) is 11.8 Å². The summed E-state index contributed by atoms with van der Waals surface area (Å²) in [5.41, 5.74) is 1.04. The fraction of sp³-hybridized carbons (Fsp3) is 0.621. The van der Waals surface area contributed by atoms with E-state index in [2.05, 4.69) is 20.1 Å². The van der Waals surface area contributed by atoms with Gasteiger partial charge in [-0.05, 0) is 68.8 Å². The van der Waals surface area contributed by atoms with Crippen LogP contribution < -0.4 is 15.0 Å². The summed E-state index contributed by atoms with van der Waals surface area (Å²) >= 11 is 0. The first-order valence-corrected chi connectivity index (χ1v) is 14.2. The first-order valence-electron chi connectivity index (χ1n) is 14.2. The average molecular weight is 507 g/mol. The fourth-order valence-electron chi connectivity index (χ4n) is 6.04. The van der Waals surface area contributed by atoms with Gasteiger partial charge in [0.15, 0.2) is 0 Å². The van der Waals surface area contributed by atoms with Crippen molar-refractivity contribution in [2.45, 2.75) is 69.9 Å². The molecule has 0 radical (unpaired) electrons. The lowest BCUT2D eigenvalue weighted by Gasteiger charge is -2.42. The smallest absolute Gasteiger partial charge is 0.226 e. The quantitative estimate of drug-likeness (QED) is 0.609. The SMILES string of the molecule is COc1ccc(CC(=O)N2CCC(N3CCCC(Nc4nccc(N5CCCCCC5)n4)C3)CC2)cc1. The molecular formula is C29H42N6O2. The van der Waals surface area contributed by atoms with Crippen LogP contribution in [0.25, 0.3) is 0 Å². The van der Waals surface area contributed by atoms with Crippen molar-refractivity contribution in [1.29, 1.82) is 0 Å². The Hall–Kier alpha value is -2.87. The lowest BCUT2D eigenvalue weighted by Crippen LogP contribution is -2.52. The highest BCUT2D eigenvalue weighted by molar-refractivity contribution is 5.78. The van der Waals surface area contributed by atoms with Gasteiger partial charge in [0.2, 0.25) is 11.9 Å². The zero-order chi connectivity index (χ0) is 25.5. The zero-order valence-electron chi connectivity index (χ0n) is 22.3. The summed E-state index contributed by atoms with van der Waals surface area (Å²) in [4.78, 5) is 29.4. The summed E-state index contributed by atoms with van der Waals surface area (Å²) in [6.45, 7) is 6.02. The summed E-state index contributed by atoms with van der Waals surface area (Å²) in [6, 6.07) is 10.8. The second-order valence-electron chi connectivity index (χ2n) is 10.8. The number of carbonyl (C=O) groups excluding carboxylic acids is 1. The molecule has 3 aliphatic heterocycles. The van der Waals surface area contributed by atoms with Gasteiger partial charge in [0.05, 0.1) is 13.5 Å². The molecule has 0 bridgehead atoms.